The van der Waals surface area contributed by atoms with Gasteiger partial charge >= 0.3 is 0 Å². The molecule has 2 N–H and O–H groups in total. The van der Waals surface area contributed by atoms with E-state index in [-0.39, 0.29) is 23.6 Å². The molecule has 0 spiro atoms. The molecule has 7 heteroatoms. The second-order valence-electron chi connectivity index (χ2n) is 7.30. The highest BCUT2D eigenvalue weighted by molar-refractivity contribution is 6.10. The van der Waals surface area contributed by atoms with Crippen LogP contribution in [0.1, 0.15) is 68.3 Å². The molecule has 2 aliphatic rings. The van der Waals surface area contributed by atoms with Crippen molar-refractivity contribution in [1.82, 2.24) is 15.2 Å². The number of Topliss-reactive ketones (excluding diaryl/α,β-unsaturated/α-hetero) is 1. The van der Waals surface area contributed by atoms with E-state index in [2.05, 4.69) is 10.3 Å². The molecule has 0 bridgehead atoms. The van der Waals surface area contributed by atoms with Crippen LogP contribution in [0.4, 0.5) is 0 Å². The molecule has 2 amide bonds. The number of rotatable bonds is 3. The summed E-state index contributed by atoms with van der Waals surface area (Å²) in [6.45, 7) is 2.90. The number of ketones is 1. The van der Waals surface area contributed by atoms with Crippen molar-refractivity contribution >= 4 is 17.6 Å². The number of carbonyl (C=O) groups excluding carboxylic acids is 3. The highest BCUT2D eigenvalue weighted by Gasteiger charge is 2.31. The van der Waals surface area contributed by atoms with Crippen molar-refractivity contribution < 1.29 is 18.8 Å². The Morgan fingerprint density at radius 1 is 1.30 bits per heavy atom. The lowest BCUT2D eigenvalue weighted by atomic mass is 9.92. The monoisotopic (exact) mass is 369 g/mol. The fraction of sp³-hybridized carbons (Fsp3) is 0.450. The summed E-state index contributed by atoms with van der Waals surface area (Å²) >= 11 is 0. The fourth-order valence-electron chi connectivity index (χ4n) is 4.11. The maximum Gasteiger partial charge on any atom is 0.289 e. The van der Waals surface area contributed by atoms with Crippen molar-refractivity contribution in [2.75, 3.05) is 13.1 Å². The molecule has 27 heavy (non-hydrogen) atoms. The number of H-pyrrole nitrogens is 1. The van der Waals surface area contributed by atoms with Crippen LogP contribution in [-0.2, 0) is 6.42 Å². The number of nitrogens with one attached hydrogen (secondary N) is 2. The van der Waals surface area contributed by atoms with Crippen LogP contribution in [0.2, 0.25) is 0 Å². The van der Waals surface area contributed by atoms with Gasteiger partial charge in [-0.2, -0.15) is 0 Å². The minimum atomic E-state index is -0.238. The number of nitrogens with zero attached hydrogens (tertiary/aromatic N) is 1. The molecule has 4 rings (SSSR count). The highest BCUT2D eigenvalue weighted by Crippen LogP contribution is 2.27. The number of amides is 2. The number of likely N-dealkylation sites (tertiary alicyclic amines) is 1. The molecule has 2 aromatic rings. The van der Waals surface area contributed by atoms with Crippen molar-refractivity contribution in [2.45, 2.75) is 45.1 Å². The summed E-state index contributed by atoms with van der Waals surface area (Å²) in [6.07, 6.45) is 5.18. The second kappa shape index (κ2) is 7.06. The first-order chi connectivity index (χ1) is 13.0. The maximum absolute atomic E-state index is 12.9. The molecule has 142 valence electrons. The average Bonchev–Trinajstić information content (AvgIpc) is 3.29. The topological polar surface area (TPSA) is 95.4 Å². The van der Waals surface area contributed by atoms with Crippen LogP contribution in [0.15, 0.2) is 22.8 Å². The van der Waals surface area contributed by atoms with Gasteiger partial charge in [-0.3, -0.25) is 14.4 Å². The number of fused-ring (bicyclic) bond motifs is 1. The molecule has 3 heterocycles. The number of hydrogen-bond acceptors (Lipinski definition) is 4. The Hall–Kier alpha value is -2.83. The summed E-state index contributed by atoms with van der Waals surface area (Å²) in [4.78, 5) is 42.6. The van der Waals surface area contributed by atoms with Gasteiger partial charge in [0, 0.05) is 36.9 Å². The lowest BCUT2D eigenvalue weighted by molar-refractivity contribution is 0.0646. The SMILES string of the molecule is Cc1[nH]c2c(c1C(=O)NC1CCCN(C(=O)c3ccco3)C1)C(=O)CCC2. The van der Waals surface area contributed by atoms with Crippen LogP contribution >= 0.6 is 0 Å². The van der Waals surface area contributed by atoms with Gasteiger partial charge in [0.2, 0.25) is 0 Å². The van der Waals surface area contributed by atoms with Gasteiger partial charge in [-0.1, -0.05) is 0 Å². The number of furan rings is 1. The van der Waals surface area contributed by atoms with E-state index < -0.39 is 0 Å². The Kier molecular flexibility index (Phi) is 4.59. The molecule has 0 saturated carbocycles. The molecule has 1 fully saturated rings. The molecule has 7 nitrogen and oxygen atoms in total. The zero-order valence-electron chi connectivity index (χ0n) is 15.3. The molecule has 1 saturated heterocycles. The third-order valence-electron chi connectivity index (χ3n) is 5.38. The molecule has 0 radical (unpaired) electrons. The van der Waals surface area contributed by atoms with Crippen LogP contribution in [0.5, 0.6) is 0 Å². The first-order valence-electron chi connectivity index (χ1n) is 9.43. The highest BCUT2D eigenvalue weighted by atomic mass is 16.3. The summed E-state index contributed by atoms with van der Waals surface area (Å²) in [5.41, 5.74) is 2.61. The zero-order chi connectivity index (χ0) is 19.0. The van der Waals surface area contributed by atoms with Crippen LogP contribution in [0, 0.1) is 6.92 Å². The Morgan fingerprint density at radius 2 is 2.15 bits per heavy atom. The van der Waals surface area contributed by atoms with E-state index >= 15 is 0 Å². The molecule has 1 atom stereocenters. The third-order valence-corrected chi connectivity index (χ3v) is 5.38. The van der Waals surface area contributed by atoms with Crippen molar-refractivity contribution in [3.8, 4) is 0 Å². The van der Waals surface area contributed by atoms with Gasteiger partial charge in [0.25, 0.3) is 11.8 Å². The van der Waals surface area contributed by atoms with Gasteiger partial charge < -0.3 is 19.6 Å². The Balaban J connectivity index is 1.48. The molecule has 1 aliphatic carbocycles. The van der Waals surface area contributed by atoms with E-state index in [0.29, 0.717) is 36.4 Å². The van der Waals surface area contributed by atoms with Crippen LogP contribution in [-0.4, -0.2) is 46.6 Å². The average molecular weight is 369 g/mol. The van der Waals surface area contributed by atoms with E-state index in [1.165, 1.54) is 6.26 Å². The summed E-state index contributed by atoms with van der Waals surface area (Å²) in [5.74, 6) is -0.0611. The summed E-state index contributed by atoms with van der Waals surface area (Å²) in [7, 11) is 0. The molecule has 0 aromatic carbocycles. The largest absolute Gasteiger partial charge is 0.459 e. The Bertz CT molecular complexity index is 881. The predicted octanol–water partition coefficient (Wildman–Crippen LogP) is 2.47. The third kappa shape index (κ3) is 3.29. The molecule has 1 unspecified atom stereocenters. The summed E-state index contributed by atoms with van der Waals surface area (Å²) in [6, 6.07) is 3.19. The van der Waals surface area contributed by atoms with Crippen molar-refractivity contribution in [3.63, 3.8) is 0 Å². The van der Waals surface area contributed by atoms with Crippen molar-refractivity contribution in [1.29, 1.82) is 0 Å². The predicted molar refractivity (Wildman–Crippen MR) is 97.9 cm³/mol. The maximum atomic E-state index is 12.9. The Labute approximate surface area is 157 Å². The van der Waals surface area contributed by atoms with E-state index in [0.717, 1.165) is 37.1 Å². The number of piperidine rings is 1. The van der Waals surface area contributed by atoms with Crippen molar-refractivity contribution in [2.24, 2.45) is 0 Å². The standard InChI is InChI=1S/C20H23N3O4/c1-12-17(18-14(21-12)6-2-7-15(18)24)19(25)22-13-5-3-9-23(11-13)20(26)16-8-4-10-27-16/h4,8,10,13,21H,2-3,5-7,9,11H2,1H3,(H,22,25). The van der Waals surface area contributed by atoms with E-state index in [9.17, 15) is 14.4 Å². The molecule has 1 aliphatic heterocycles. The van der Waals surface area contributed by atoms with Gasteiger partial charge in [0.05, 0.1) is 17.4 Å². The van der Waals surface area contributed by atoms with Gasteiger partial charge in [-0.15, -0.1) is 0 Å². The quantitative estimate of drug-likeness (QED) is 0.869. The van der Waals surface area contributed by atoms with Gasteiger partial charge in [-0.25, -0.2) is 0 Å². The second-order valence-corrected chi connectivity index (χ2v) is 7.30. The van der Waals surface area contributed by atoms with E-state index in [1.54, 1.807) is 17.0 Å². The molecule has 2 aromatic heterocycles. The number of aromatic nitrogens is 1. The minimum Gasteiger partial charge on any atom is -0.459 e. The van der Waals surface area contributed by atoms with Gasteiger partial charge in [0.15, 0.2) is 11.5 Å². The smallest absolute Gasteiger partial charge is 0.289 e. The normalized spacial score (nSPS) is 19.7. The number of aryl methyl sites for hydroxylation is 2. The lowest BCUT2D eigenvalue weighted by Crippen LogP contribution is -2.49. The molecular weight excluding hydrogens is 346 g/mol. The Morgan fingerprint density at radius 3 is 2.93 bits per heavy atom. The molecular formula is C20H23N3O4. The number of hydrogen-bond donors (Lipinski definition) is 2. The fourth-order valence-corrected chi connectivity index (χ4v) is 4.11. The first kappa shape index (κ1) is 17.6. The van der Waals surface area contributed by atoms with Crippen LogP contribution in [0.25, 0.3) is 0 Å². The zero-order valence-corrected chi connectivity index (χ0v) is 15.3. The van der Waals surface area contributed by atoms with Crippen LogP contribution in [0.3, 0.4) is 0 Å². The minimum absolute atomic E-state index is 0.0315. The lowest BCUT2D eigenvalue weighted by Gasteiger charge is -2.32. The van der Waals surface area contributed by atoms with E-state index in [4.69, 9.17) is 4.42 Å². The van der Waals surface area contributed by atoms with E-state index in [1.807, 2.05) is 6.92 Å². The number of carbonyl (C=O) groups is 3. The number of aromatic amines is 1. The first-order valence-corrected chi connectivity index (χ1v) is 9.43. The van der Waals surface area contributed by atoms with Gasteiger partial charge in [-0.05, 0) is 44.7 Å². The van der Waals surface area contributed by atoms with Gasteiger partial charge in [0.1, 0.15) is 0 Å². The summed E-state index contributed by atoms with van der Waals surface area (Å²) in [5, 5.41) is 3.03. The van der Waals surface area contributed by atoms with Crippen LogP contribution < -0.4 is 5.32 Å². The van der Waals surface area contributed by atoms with Crippen molar-refractivity contribution in [3.05, 3.63) is 46.7 Å². The summed E-state index contributed by atoms with van der Waals surface area (Å²) < 4.78 is 5.19.